The van der Waals surface area contributed by atoms with Crippen molar-refractivity contribution in [1.82, 2.24) is 9.80 Å². The molecule has 2 aliphatic heterocycles. The molecule has 0 aliphatic carbocycles. The number of alkyl halides is 2. The second-order valence-electron chi connectivity index (χ2n) is 6.06. The molecular weight excluding hydrogens is 318 g/mol. The summed E-state index contributed by atoms with van der Waals surface area (Å²) in [7, 11) is 0. The molecule has 2 saturated heterocycles. The molecule has 7 heteroatoms. The summed E-state index contributed by atoms with van der Waals surface area (Å²) in [6.07, 6.45) is 2.30. The van der Waals surface area contributed by atoms with Crippen molar-refractivity contribution in [3.05, 3.63) is 23.8 Å². The topological polar surface area (TPSA) is 42.0 Å². The summed E-state index contributed by atoms with van der Waals surface area (Å²) in [5, 5.41) is 0. The highest BCUT2D eigenvalue weighted by atomic mass is 19.3. The minimum absolute atomic E-state index is 0.0518. The van der Waals surface area contributed by atoms with E-state index in [0.717, 1.165) is 26.1 Å². The van der Waals surface area contributed by atoms with Crippen molar-refractivity contribution < 1.29 is 23.0 Å². The lowest BCUT2D eigenvalue weighted by atomic mass is 10.1. The third kappa shape index (κ3) is 3.61. The van der Waals surface area contributed by atoms with Crippen LogP contribution in [0.5, 0.6) is 11.5 Å². The maximum atomic E-state index is 12.7. The van der Waals surface area contributed by atoms with Gasteiger partial charge >= 0.3 is 6.61 Å². The summed E-state index contributed by atoms with van der Waals surface area (Å²) in [6, 6.07) is 4.82. The van der Waals surface area contributed by atoms with Gasteiger partial charge in [0, 0.05) is 31.2 Å². The first kappa shape index (κ1) is 17.0. The largest absolute Gasteiger partial charge is 0.490 e. The lowest BCUT2D eigenvalue weighted by Gasteiger charge is -2.37. The minimum Gasteiger partial charge on any atom is -0.490 e. The van der Waals surface area contributed by atoms with Crippen LogP contribution in [0.3, 0.4) is 0 Å². The fourth-order valence-electron chi connectivity index (χ4n) is 3.46. The molecule has 0 bridgehead atoms. The first-order valence-electron chi connectivity index (χ1n) is 8.33. The molecule has 2 heterocycles. The van der Waals surface area contributed by atoms with E-state index in [4.69, 9.17) is 4.74 Å². The second kappa shape index (κ2) is 7.34. The van der Waals surface area contributed by atoms with Crippen molar-refractivity contribution in [2.24, 2.45) is 0 Å². The third-order valence-corrected chi connectivity index (χ3v) is 4.58. The normalized spacial score (nSPS) is 21.0. The van der Waals surface area contributed by atoms with E-state index in [0.29, 0.717) is 24.8 Å². The fraction of sp³-hybridized carbons (Fsp3) is 0.588. The number of nitrogens with zero attached hydrogens (tertiary/aromatic N) is 2. The van der Waals surface area contributed by atoms with Crippen LogP contribution < -0.4 is 9.47 Å². The number of benzene rings is 1. The molecule has 5 nitrogen and oxygen atoms in total. The summed E-state index contributed by atoms with van der Waals surface area (Å²) < 4.78 is 34.7. The molecule has 1 aromatic rings. The average molecular weight is 340 g/mol. The van der Waals surface area contributed by atoms with Gasteiger partial charge in [-0.2, -0.15) is 8.78 Å². The number of halogens is 2. The summed E-state index contributed by atoms with van der Waals surface area (Å²) in [5.41, 5.74) is 0.437. The van der Waals surface area contributed by atoms with Crippen LogP contribution >= 0.6 is 0 Å². The first-order valence-corrected chi connectivity index (χ1v) is 8.33. The zero-order valence-electron chi connectivity index (χ0n) is 13.7. The van der Waals surface area contributed by atoms with Crippen LogP contribution in [0.1, 0.15) is 30.1 Å². The van der Waals surface area contributed by atoms with Gasteiger partial charge in [-0.3, -0.25) is 9.69 Å². The molecule has 1 atom stereocenters. The van der Waals surface area contributed by atoms with E-state index in [1.807, 2.05) is 4.90 Å². The SMILES string of the molecule is CCOc1cc(C(=O)N2CCN3CCC[C@H]3C2)ccc1OC(F)F. The third-order valence-electron chi connectivity index (χ3n) is 4.58. The van der Waals surface area contributed by atoms with E-state index in [1.54, 1.807) is 6.92 Å². The van der Waals surface area contributed by atoms with Gasteiger partial charge in [-0.15, -0.1) is 0 Å². The van der Waals surface area contributed by atoms with Gasteiger partial charge in [-0.1, -0.05) is 0 Å². The molecular formula is C17H22F2N2O3. The van der Waals surface area contributed by atoms with Crippen molar-refractivity contribution in [2.75, 3.05) is 32.8 Å². The molecule has 0 N–H and O–H groups in total. The lowest BCUT2D eigenvalue weighted by Crippen LogP contribution is -2.52. The van der Waals surface area contributed by atoms with Crippen LogP contribution in [0, 0.1) is 0 Å². The Labute approximate surface area is 140 Å². The molecule has 2 fully saturated rings. The number of amides is 1. The molecule has 132 valence electrons. The van der Waals surface area contributed by atoms with E-state index >= 15 is 0 Å². The Bertz CT molecular complexity index is 597. The lowest BCUT2D eigenvalue weighted by molar-refractivity contribution is -0.0514. The molecule has 3 rings (SSSR count). The fourth-order valence-corrected chi connectivity index (χ4v) is 3.46. The summed E-state index contributed by atoms with van der Waals surface area (Å²) in [5.74, 6) is 0.0262. The molecule has 1 amide bonds. The molecule has 0 saturated carbocycles. The van der Waals surface area contributed by atoms with Gasteiger partial charge in [0.25, 0.3) is 5.91 Å². The average Bonchev–Trinajstić information content (AvgIpc) is 3.03. The van der Waals surface area contributed by atoms with Crippen molar-refractivity contribution in [3.8, 4) is 11.5 Å². The van der Waals surface area contributed by atoms with Crippen LogP contribution in [-0.4, -0.2) is 61.1 Å². The maximum absolute atomic E-state index is 12.7. The highest BCUT2D eigenvalue weighted by molar-refractivity contribution is 5.95. The Morgan fingerprint density at radius 1 is 1.29 bits per heavy atom. The molecule has 2 aliphatic rings. The van der Waals surface area contributed by atoms with E-state index < -0.39 is 6.61 Å². The molecule has 0 spiro atoms. The second-order valence-corrected chi connectivity index (χ2v) is 6.06. The Morgan fingerprint density at radius 3 is 2.88 bits per heavy atom. The van der Waals surface area contributed by atoms with Crippen LogP contribution in [0.15, 0.2) is 18.2 Å². The quantitative estimate of drug-likeness (QED) is 0.826. The van der Waals surface area contributed by atoms with E-state index in [1.165, 1.54) is 24.6 Å². The Hall–Kier alpha value is -1.89. The summed E-state index contributed by atoms with van der Waals surface area (Å²) in [6.45, 7) is 2.54. The van der Waals surface area contributed by atoms with Crippen LogP contribution in [-0.2, 0) is 0 Å². The number of fused-ring (bicyclic) bond motifs is 1. The number of piperazine rings is 1. The zero-order chi connectivity index (χ0) is 17.1. The number of ether oxygens (including phenoxy) is 2. The predicted molar refractivity (Wildman–Crippen MR) is 84.7 cm³/mol. The molecule has 24 heavy (non-hydrogen) atoms. The van der Waals surface area contributed by atoms with E-state index in [9.17, 15) is 13.6 Å². The number of carbonyl (C=O) groups is 1. The highest BCUT2D eigenvalue weighted by Crippen LogP contribution is 2.31. The van der Waals surface area contributed by atoms with Gasteiger partial charge in [0.2, 0.25) is 0 Å². The van der Waals surface area contributed by atoms with Crippen LogP contribution in [0.25, 0.3) is 0 Å². The van der Waals surface area contributed by atoms with Gasteiger partial charge < -0.3 is 14.4 Å². The molecule has 0 aromatic heterocycles. The Morgan fingerprint density at radius 2 is 2.12 bits per heavy atom. The van der Waals surface area contributed by atoms with Crippen molar-refractivity contribution in [1.29, 1.82) is 0 Å². The van der Waals surface area contributed by atoms with Crippen molar-refractivity contribution in [3.63, 3.8) is 0 Å². The number of rotatable bonds is 5. The summed E-state index contributed by atoms with van der Waals surface area (Å²) in [4.78, 5) is 17.0. The smallest absolute Gasteiger partial charge is 0.387 e. The monoisotopic (exact) mass is 340 g/mol. The Kier molecular flexibility index (Phi) is 5.18. The van der Waals surface area contributed by atoms with Gasteiger partial charge in [0.1, 0.15) is 0 Å². The zero-order valence-corrected chi connectivity index (χ0v) is 13.7. The summed E-state index contributed by atoms with van der Waals surface area (Å²) >= 11 is 0. The van der Waals surface area contributed by atoms with Crippen LogP contribution in [0.2, 0.25) is 0 Å². The molecule has 0 radical (unpaired) electrons. The van der Waals surface area contributed by atoms with E-state index in [2.05, 4.69) is 9.64 Å². The van der Waals surface area contributed by atoms with Crippen molar-refractivity contribution in [2.45, 2.75) is 32.4 Å². The molecule has 1 aromatic carbocycles. The van der Waals surface area contributed by atoms with Crippen LogP contribution in [0.4, 0.5) is 8.78 Å². The van der Waals surface area contributed by atoms with Gasteiger partial charge in [-0.25, -0.2) is 0 Å². The minimum atomic E-state index is -2.93. The number of carbonyl (C=O) groups excluding carboxylic acids is 1. The van der Waals surface area contributed by atoms with Gasteiger partial charge in [0.05, 0.1) is 6.61 Å². The standard InChI is InChI=1S/C17H22F2N2O3/c1-2-23-15-10-12(5-6-14(15)24-17(18)19)16(22)21-9-8-20-7-3-4-13(20)11-21/h5-6,10,13,17H,2-4,7-9,11H2,1H3/t13-/m0/s1. The first-order chi connectivity index (χ1) is 11.6. The van der Waals surface area contributed by atoms with Gasteiger partial charge in [-0.05, 0) is 44.5 Å². The predicted octanol–water partition coefficient (Wildman–Crippen LogP) is 2.61. The number of hydrogen-bond donors (Lipinski definition) is 0. The highest BCUT2D eigenvalue weighted by Gasteiger charge is 2.33. The van der Waals surface area contributed by atoms with Gasteiger partial charge in [0.15, 0.2) is 11.5 Å². The van der Waals surface area contributed by atoms with E-state index in [-0.39, 0.29) is 17.4 Å². The number of hydrogen-bond acceptors (Lipinski definition) is 4. The molecule has 0 unspecified atom stereocenters. The van der Waals surface area contributed by atoms with Crippen molar-refractivity contribution >= 4 is 5.91 Å². The Balaban J connectivity index is 1.75. The maximum Gasteiger partial charge on any atom is 0.387 e.